The maximum absolute atomic E-state index is 9.67. The first kappa shape index (κ1) is 17.0. The maximum Gasteiger partial charge on any atom is 0.159 e. The summed E-state index contributed by atoms with van der Waals surface area (Å²) in [6, 6.07) is 8.23. The largest absolute Gasteiger partial charge is 0.392 e. The number of aryl methyl sites for hydroxylation is 1. The fraction of sp³-hybridized carbons (Fsp3) is 0.474. The van der Waals surface area contributed by atoms with Crippen molar-refractivity contribution in [1.82, 2.24) is 20.2 Å². The van der Waals surface area contributed by atoms with Crippen molar-refractivity contribution >= 4 is 0 Å². The number of piperidine rings is 1. The molecule has 2 heterocycles. The number of aliphatic hydroxyl groups is 1. The van der Waals surface area contributed by atoms with E-state index in [0.717, 1.165) is 62.5 Å². The number of aliphatic hydroxyl groups excluding tert-OH is 1. The monoisotopic (exact) mass is 326 g/mol. The lowest BCUT2D eigenvalue weighted by molar-refractivity contribution is 0.0712. The van der Waals surface area contributed by atoms with Gasteiger partial charge in [-0.05, 0) is 32.4 Å². The fourth-order valence-electron chi connectivity index (χ4n) is 3.08. The third kappa shape index (κ3) is 4.84. The van der Waals surface area contributed by atoms with E-state index in [9.17, 15) is 5.11 Å². The first-order valence-corrected chi connectivity index (χ1v) is 8.70. The van der Waals surface area contributed by atoms with E-state index in [4.69, 9.17) is 0 Å². The van der Waals surface area contributed by atoms with Gasteiger partial charge in [0.25, 0.3) is 0 Å². The van der Waals surface area contributed by atoms with Gasteiger partial charge >= 0.3 is 0 Å². The summed E-state index contributed by atoms with van der Waals surface area (Å²) in [7, 11) is 0. The van der Waals surface area contributed by atoms with E-state index in [1.807, 2.05) is 24.5 Å². The summed E-state index contributed by atoms with van der Waals surface area (Å²) in [6.07, 6.45) is 5.66. The molecule has 3 rings (SSSR count). The molecule has 1 aromatic carbocycles. The molecule has 5 nitrogen and oxygen atoms in total. The predicted molar refractivity (Wildman–Crippen MR) is 95.6 cm³/mol. The van der Waals surface area contributed by atoms with Gasteiger partial charge in [-0.3, -0.25) is 4.90 Å². The highest BCUT2D eigenvalue weighted by Gasteiger charge is 2.16. The van der Waals surface area contributed by atoms with Crippen molar-refractivity contribution < 1.29 is 5.11 Å². The van der Waals surface area contributed by atoms with E-state index in [1.54, 1.807) is 0 Å². The van der Waals surface area contributed by atoms with Crippen LogP contribution in [-0.4, -0.2) is 52.3 Å². The Morgan fingerprint density at radius 3 is 2.88 bits per heavy atom. The van der Waals surface area contributed by atoms with Gasteiger partial charge in [-0.15, -0.1) is 0 Å². The Bertz CT molecular complexity index is 644. The Hall–Kier alpha value is -1.82. The van der Waals surface area contributed by atoms with Crippen LogP contribution in [0.3, 0.4) is 0 Å². The summed E-state index contributed by atoms with van der Waals surface area (Å²) in [5.74, 6) is 0.768. The number of hydrogen-bond acceptors (Lipinski definition) is 5. The molecule has 24 heavy (non-hydrogen) atoms. The molecule has 1 aliphatic rings. The Morgan fingerprint density at radius 2 is 2.12 bits per heavy atom. The fourth-order valence-corrected chi connectivity index (χ4v) is 3.08. The zero-order valence-corrected chi connectivity index (χ0v) is 14.3. The van der Waals surface area contributed by atoms with Crippen molar-refractivity contribution in [3.8, 4) is 11.4 Å². The van der Waals surface area contributed by atoms with Gasteiger partial charge in [-0.1, -0.05) is 23.8 Å². The number of likely N-dealkylation sites (tertiary alicyclic amines) is 1. The van der Waals surface area contributed by atoms with Gasteiger partial charge in [0.15, 0.2) is 5.82 Å². The topological polar surface area (TPSA) is 61.3 Å². The molecule has 0 spiro atoms. The molecule has 1 unspecified atom stereocenters. The molecule has 2 N–H and O–H groups in total. The number of hydrogen-bond donors (Lipinski definition) is 2. The van der Waals surface area contributed by atoms with Crippen molar-refractivity contribution in [1.29, 1.82) is 0 Å². The highest BCUT2D eigenvalue weighted by molar-refractivity contribution is 5.55. The van der Waals surface area contributed by atoms with Gasteiger partial charge in [0.05, 0.1) is 6.10 Å². The van der Waals surface area contributed by atoms with Crippen molar-refractivity contribution in [2.45, 2.75) is 32.4 Å². The number of nitrogens with zero attached hydrogens (tertiary/aromatic N) is 3. The molecule has 0 aliphatic carbocycles. The minimum atomic E-state index is -0.152. The molecule has 1 saturated heterocycles. The van der Waals surface area contributed by atoms with Crippen LogP contribution in [0.15, 0.2) is 36.7 Å². The number of nitrogens with one attached hydrogen (secondary N) is 1. The first-order chi connectivity index (χ1) is 11.7. The Morgan fingerprint density at radius 1 is 1.29 bits per heavy atom. The average molecular weight is 326 g/mol. The highest BCUT2D eigenvalue weighted by Crippen LogP contribution is 2.15. The van der Waals surface area contributed by atoms with Crippen LogP contribution in [0.2, 0.25) is 0 Å². The third-order valence-corrected chi connectivity index (χ3v) is 4.40. The van der Waals surface area contributed by atoms with Crippen molar-refractivity contribution in [2.24, 2.45) is 0 Å². The summed E-state index contributed by atoms with van der Waals surface area (Å²) in [5.41, 5.74) is 3.35. The second-order valence-electron chi connectivity index (χ2n) is 6.56. The second kappa shape index (κ2) is 8.33. The Balaban J connectivity index is 1.45. The predicted octanol–water partition coefficient (Wildman–Crippen LogP) is 2.00. The SMILES string of the molecule is Cc1cccc(-c2ncc(CNCCN3CCCC(O)C3)cn2)c1. The maximum atomic E-state index is 9.67. The molecule has 0 saturated carbocycles. The summed E-state index contributed by atoms with van der Waals surface area (Å²) >= 11 is 0. The normalized spacial score (nSPS) is 18.7. The molecular weight excluding hydrogens is 300 g/mol. The van der Waals surface area contributed by atoms with Crippen LogP contribution in [0.1, 0.15) is 24.0 Å². The van der Waals surface area contributed by atoms with Crippen molar-refractivity contribution in [2.75, 3.05) is 26.2 Å². The van der Waals surface area contributed by atoms with Gasteiger partial charge < -0.3 is 10.4 Å². The molecule has 1 fully saturated rings. The van der Waals surface area contributed by atoms with Crippen LogP contribution >= 0.6 is 0 Å². The first-order valence-electron chi connectivity index (χ1n) is 8.70. The van der Waals surface area contributed by atoms with E-state index in [-0.39, 0.29) is 6.10 Å². The lowest BCUT2D eigenvalue weighted by atomic mass is 10.1. The van der Waals surface area contributed by atoms with Crippen LogP contribution < -0.4 is 5.32 Å². The molecule has 0 radical (unpaired) electrons. The van der Waals surface area contributed by atoms with E-state index in [1.165, 1.54) is 5.56 Å². The number of rotatable bonds is 6. The standard InChI is InChI=1S/C19H26N4O/c1-15-4-2-5-17(10-15)19-21-12-16(13-22-19)11-20-7-9-23-8-3-6-18(24)14-23/h2,4-5,10,12-13,18,20,24H,3,6-9,11,14H2,1H3. The average Bonchev–Trinajstić information content (AvgIpc) is 2.59. The molecule has 2 aromatic rings. The van der Waals surface area contributed by atoms with Gasteiger partial charge in [0.1, 0.15) is 0 Å². The van der Waals surface area contributed by atoms with Gasteiger partial charge in [-0.25, -0.2) is 9.97 Å². The molecular formula is C19H26N4O. The van der Waals surface area contributed by atoms with Crippen molar-refractivity contribution in [3.63, 3.8) is 0 Å². The number of β-amino-alcohol motifs (C(OH)–C–C–N with tert-alkyl or cyclic N) is 1. The van der Waals surface area contributed by atoms with Crippen LogP contribution in [-0.2, 0) is 6.54 Å². The van der Waals surface area contributed by atoms with Crippen LogP contribution in [0.25, 0.3) is 11.4 Å². The van der Waals surface area contributed by atoms with Gasteiger partial charge in [0.2, 0.25) is 0 Å². The number of aromatic nitrogens is 2. The lowest BCUT2D eigenvalue weighted by Gasteiger charge is -2.29. The zero-order chi connectivity index (χ0) is 16.8. The molecule has 1 aromatic heterocycles. The van der Waals surface area contributed by atoms with Crippen LogP contribution in [0.4, 0.5) is 0 Å². The van der Waals surface area contributed by atoms with Gasteiger partial charge in [-0.2, -0.15) is 0 Å². The zero-order valence-electron chi connectivity index (χ0n) is 14.3. The number of benzene rings is 1. The smallest absolute Gasteiger partial charge is 0.159 e. The Kier molecular flexibility index (Phi) is 5.91. The minimum Gasteiger partial charge on any atom is -0.392 e. The summed E-state index contributed by atoms with van der Waals surface area (Å²) in [6.45, 7) is 6.61. The third-order valence-electron chi connectivity index (χ3n) is 4.40. The van der Waals surface area contributed by atoms with E-state index in [0.29, 0.717) is 0 Å². The van der Waals surface area contributed by atoms with Crippen LogP contribution in [0.5, 0.6) is 0 Å². The molecule has 0 amide bonds. The van der Waals surface area contributed by atoms with E-state index < -0.39 is 0 Å². The molecule has 5 heteroatoms. The summed E-state index contributed by atoms with van der Waals surface area (Å²) in [4.78, 5) is 11.3. The van der Waals surface area contributed by atoms with E-state index in [2.05, 4.69) is 39.2 Å². The molecule has 0 bridgehead atoms. The quantitative estimate of drug-likeness (QED) is 0.795. The molecule has 128 valence electrons. The van der Waals surface area contributed by atoms with Crippen molar-refractivity contribution in [3.05, 3.63) is 47.8 Å². The molecule has 1 atom stereocenters. The van der Waals surface area contributed by atoms with Gasteiger partial charge in [0, 0.05) is 49.7 Å². The van der Waals surface area contributed by atoms with Crippen LogP contribution in [0, 0.1) is 6.92 Å². The summed E-state index contributed by atoms with van der Waals surface area (Å²) in [5, 5.41) is 13.1. The lowest BCUT2D eigenvalue weighted by Crippen LogP contribution is -2.41. The minimum absolute atomic E-state index is 0.152. The second-order valence-corrected chi connectivity index (χ2v) is 6.56. The summed E-state index contributed by atoms with van der Waals surface area (Å²) < 4.78 is 0. The molecule has 1 aliphatic heterocycles. The Labute approximate surface area is 143 Å². The van der Waals surface area contributed by atoms with E-state index >= 15 is 0 Å². The highest BCUT2D eigenvalue weighted by atomic mass is 16.3.